The van der Waals surface area contributed by atoms with Crippen molar-refractivity contribution in [3.63, 3.8) is 0 Å². The van der Waals surface area contributed by atoms with Gasteiger partial charge in [-0.1, -0.05) is 5.21 Å². The molecule has 0 aliphatic carbocycles. The van der Waals surface area contributed by atoms with Gasteiger partial charge in [-0.2, -0.15) is 0 Å². The number of halogens is 1. The maximum absolute atomic E-state index is 12.4. The van der Waals surface area contributed by atoms with Gasteiger partial charge in [0.15, 0.2) is 5.69 Å². The Morgan fingerprint density at radius 2 is 1.86 bits per heavy atom. The molecule has 0 bridgehead atoms. The number of hydrogen-bond acceptors (Lipinski definition) is 6. The normalized spacial score (nSPS) is 15.2. The number of nitrogens with one attached hydrogen (secondary N) is 3. The molecule has 1 amide bonds. The summed E-state index contributed by atoms with van der Waals surface area (Å²) in [5, 5.41) is 14.0. The average molecular weight is 429 g/mol. The van der Waals surface area contributed by atoms with Crippen molar-refractivity contribution in [3.8, 4) is 0 Å². The molecule has 11 heteroatoms. The van der Waals surface area contributed by atoms with Gasteiger partial charge in [0.1, 0.15) is 0 Å². The third-order valence-corrected chi connectivity index (χ3v) is 5.91. The van der Waals surface area contributed by atoms with Crippen molar-refractivity contribution < 1.29 is 13.2 Å². The number of aromatic nitrogens is 3. The number of hydrogen-bond donors (Lipinski definition) is 3. The van der Waals surface area contributed by atoms with Crippen LogP contribution in [0.4, 0.5) is 5.69 Å². The van der Waals surface area contributed by atoms with E-state index in [-0.39, 0.29) is 41.0 Å². The van der Waals surface area contributed by atoms with Crippen LogP contribution in [0.5, 0.6) is 0 Å². The van der Waals surface area contributed by atoms with Gasteiger partial charge in [-0.3, -0.25) is 4.79 Å². The van der Waals surface area contributed by atoms with Gasteiger partial charge in [-0.25, -0.2) is 17.8 Å². The highest BCUT2D eigenvalue weighted by Gasteiger charge is 2.19. The Kier molecular flexibility index (Phi) is 7.53. The molecule has 2 heterocycles. The van der Waals surface area contributed by atoms with Gasteiger partial charge in [-0.05, 0) is 64.0 Å². The number of sulfonamides is 1. The summed E-state index contributed by atoms with van der Waals surface area (Å²) in [5.41, 5.74) is 0.714. The smallest absolute Gasteiger partial charge is 0.277 e. The Bertz CT molecular complexity index is 892. The third kappa shape index (κ3) is 5.51. The van der Waals surface area contributed by atoms with E-state index < -0.39 is 10.0 Å². The molecule has 1 saturated heterocycles. The zero-order chi connectivity index (χ0) is 19.4. The first kappa shape index (κ1) is 22.3. The average Bonchev–Trinajstić information content (AvgIpc) is 3.12. The summed E-state index contributed by atoms with van der Waals surface area (Å²) in [6.07, 6.45) is 3.55. The number of benzene rings is 1. The van der Waals surface area contributed by atoms with E-state index in [4.69, 9.17) is 0 Å². The van der Waals surface area contributed by atoms with Gasteiger partial charge in [0.2, 0.25) is 10.0 Å². The zero-order valence-corrected chi connectivity index (χ0v) is 17.4. The lowest BCUT2D eigenvalue weighted by atomic mass is 10.1. The minimum Gasteiger partial charge on any atom is -0.321 e. The van der Waals surface area contributed by atoms with E-state index >= 15 is 0 Å². The summed E-state index contributed by atoms with van der Waals surface area (Å²) < 4.78 is 28.5. The van der Waals surface area contributed by atoms with E-state index in [9.17, 15) is 13.2 Å². The molecule has 0 spiro atoms. The van der Waals surface area contributed by atoms with Crippen molar-refractivity contribution >= 4 is 34.0 Å². The summed E-state index contributed by atoms with van der Waals surface area (Å²) in [4.78, 5) is 12.5. The fraction of sp³-hybridized carbons (Fsp3) is 0.471. The molecule has 0 saturated carbocycles. The Morgan fingerprint density at radius 3 is 2.46 bits per heavy atom. The van der Waals surface area contributed by atoms with Crippen LogP contribution in [0.2, 0.25) is 0 Å². The van der Waals surface area contributed by atoms with E-state index in [0.29, 0.717) is 5.69 Å². The van der Waals surface area contributed by atoms with Gasteiger partial charge in [0.05, 0.1) is 17.1 Å². The van der Waals surface area contributed by atoms with Crippen LogP contribution < -0.4 is 15.4 Å². The maximum Gasteiger partial charge on any atom is 0.277 e. The van der Waals surface area contributed by atoms with Crippen LogP contribution >= 0.6 is 12.4 Å². The largest absolute Gasteiger partial charge is 0.321 e. The molecule has 1 aromatic carbocycles. The lowest BCUT2D eigenvalue weighted by Gasteiger charge is -2.22. The predicted molar refractivity (Wildman–Crippen MR) is 108 cm³/mol. The van der Waals surface area contributed by atoms with Gasteiger partial charge in [0, 0.05) is 11.7 Å². The number of rotatable bonds is 6. The monoisotopic (exact) mass is 428 g/mol. The highest BCUT2D eigenvalue weighted by molar-refractivity contribution is 7.89. The van der Waals surface area contributed by atoms with Crippen molar-refractivity contribution in [1.82, 2.24) is 25.0 Å². The highest BCUT2D eigenvalue weighted by Crippen LogP contribution is 2.18. The first-order chi connectivity index (χ1) is 12.8. The SMILES string of the molecule is CC(C)NS(=O)(=O)c1ccc(NC(=O)c2cn(C3CCNCC3)nn2)cc1.Cl. The second-order valence-electron chi connectivity index (χ2n) is 6.82. The fourth-order valence-electron chi connectivity index (χ4n) is 2.92. The molecular formula is C17H25ClN6O3S. The second-order valence-corrected chi connectivity index (χ2v) is 8.53. The van der Waals surface area contributed by atoms with E-state index in [1.807, 2.05) is 0 Å². The molecule has 9 nitrogen and oxygen atoms in total. The number of carbonyl (C=O) groups excluding carboxylic acids is 1. The van der Waals surface area contributed by atoms with Crippen molar-refractivity contribution in [3.05, 3.63) is 36.2 Å². The van der Waals surface area contributed by atoms with E-state index in [2.05, 4.69) is 25.7 Å². The van der Waals surface area contributed by atoms with Crippen LogP contribution in [0.1, 0.15) is 43.2 Å². The first-order valence-corrected chi connectivity index (χ1v) is 10.4. The number of nitrogens with zero attached hydrogens (tertiary/aromatic N) is 3. The fourth-order valence-corrected chi connectivity index (χ4v) is 4.17. The van der Waals surface area contributed by atoms with Crippen molar-refractivity contribution in [2.75, 3.05) is 18.4 Å². The lowest BCUT2D eigenvalue weighted by molar-refractivity contribution is 0.102. The minimum atomic E-state index is -3.56. The first-order valence-electron chi connectivity index (χ1n) is 8.91. The standard InChI is InChI=1S/C17H24N6O3S.ClH/c1-12(2)21-27(25,26)15-5-3-13(4-6-15)19-17(24)16-11-23(22-20-16)14-7-9-18-10-8-14;/h3-6,11-12,14,18,21H,7-10H2,1-2H3,(H,19,24);1H. The molecule has 2 aromatic rings. The van der Waals surface area contributed by atoms with Gasteiger partial charge in [-0.15, -0.1) is 17.5 Å². The van der Waals surface area contributed by atoms with E-state index in [0.717, 1.165) is 25.9 Å². The molecule has 0 unspecified atom stereocenters. The molecule has 1 aromatic heterocycles. The summed E-state index contributed by atoms with van der Waals surface area (Å²) in [6, 6.07) is 6.04. The topological polar surface area (TPSA) is 118 Å². The minimum absolute atomic E-state index is 0. The van der Waals surface area contributed by atoms with Crippen LogP contribution in [-0.4, -0.2) is 48.5 Å². The van der Waals surface area contributed by atoms with Crippen molar-refractivity contribution in [2.24, 2.45) is 0 Å². The molecule has 0 atom stereocenters. The Morgan fingerprint density at radius 1 is 1.21 bits per heavy atom. The Balaban J connectivity index is 0.00000280. The number of piperidine rings is 1. The van der Waals surface area contributed by atoms with Crippen LogP contribution in [0.15, 0.2) is 35.4 Å². The number of amides is 1. The molecule has 1 fully saturated rings. The molecule has 1 aliphatic heterocycles. The summed E-state index contributed by atoms with van der Waals surface area (Å²) in [6.45, 7) is 5.35. The lowest BCUT2D eigenvalue weighted by Crippen LogP contribution is -2.30. The molecule has 0 radical (unpaired) electrons. The van der Waals surface area contributed by atoms with Crippen LogP contribution in [0.3, 0.4) is 0 Å². The highest BCUT2D eigenvalue weighted by atomic mass is 35.5. The van der Waals surface area contributed by atoms with Crippen molar-refractivity contribution in [1.29, 1.82) is 0 Å². The summed E-state index contributed by atoms with van der Waals surface area (Å²) >= 11 is 0. The molecule has 28 heavy (non-hydrogen) atoms. The zero-order valence-electron chi connectivity index (χ0n) is 15.8. The van der Waals surface area contributed by atoms with Crippen LogP contribution in [0.25, 0.3) is 0 Å². The third-order valence-electron chi connectivity index (χ3n) is 4.24. The van der Waals surface area contributed by atoms with Crippen molar-refractivity contribution in [2.45, 2.75) is 43.7 Å². The molecular weight excluding hydrogens is 404 g/mol. The molecule has 3 rings (SSSR count). The molecule has 3 N–H and O–H groups in total. The maximum atomic E-state index is 12.4. The quantitative estimate of drug-likeness (QED) is 0.642. The van der Waals surface area contributed by atoms with Crippen LogP contribution in [-0.2, 0) is 10.0 Å². The Hall–Kier alpha value is -2.01. The summed E-state index contributed by atoms with van der Waals surface area (Å²) in [7, 11) is -3.56. The predicted octanol–water partition coefficient (Wildman–Crippen LogP) is 1.56. The van der Waals surface area contributed by atoms with E-state index in [1.54, 1.807) is 36.9 Å². The molecule has 154 valence electrons. The summed E-state index contributed by atoms with van der Waals surface area (Å²) in [5.74, 6) is -0.383. The second kappa shape index (κ2) is 9.46. The van der Waals surface area contributed by atoms with Gasteiger partial charge in [0.25, 0.3) is 5.91 Å². The Labute approximate surface area is 170 Å². The van der Waals surface area contributed by atoms with Gasteiger partial charge >= 0.3 is 0 Å². The van der Waals surface area contributed by atoms with Gasteiger partial charge < -0.3 is 10.6 Å². The number of carbonyl (C=O) groups is 1. The number of anilines is 1. The van der Waals surface area contributed by atoms with E-state index in [1.165, 1.54) is 12.1 Å². The molecule has 1 aliphatic rings. The van der Waals surface area contributed by atoms with Crippen LogP contribution in [0, 0.1) is 0 Å².